The Labute approximate surface area is 226 Å². The van der Waals surface area contributed by atoms with Gasteiger partial charge in [0.1, 0.15) is 24.1 Å². The predicted octanol–water partition coefficient (Wildman–Crippen LogP) is 1.63. The van der Waals surface area contributed by atoms with E-state index < -0.39 is 24.5 Å². The average Bonchev–Trinajstić information content (AvgIpc) is 3.26. The number of aromatic nitrogens is 1. The Balaban J connectivity index is 1.22. The summed E-state index contributed by atoms with van der Waals surface area (Å²) in [6, 6.07) is 5.75. The number of aliphatic hydroxyl groups is 1. The van der Waals surface area contributed by atoms with Crippen molar-refractivity contribution in [1.82, 2.24) is 20.5 Å². The Hall–Kier alpha value is -3.40. The van der Waals surface area contributed by atoms with Crippen LogP contribution in [-0.4, -0.2) is 77.4 Å². The molecule has 1 aromatic heterocycles. The van der Waals surface area contributed by atoms with Gasteiger partial charge in [-0.2, -0.15) is 0 Å². The van der Waals surface area contributed by atoms with Crippen LogP contribution in [0.5, 0.6) is 5.75 Å². The number of nitrogens with zero attached hydrogens (tertiary/aromatic N) is 1. The Morgan fingerprint density at radius 2 is 2.03 bits per heavy atom. The summed E-state index contributed by atoms with van der Waals surface area (Å²) in [4.78, 5) is 57.4. The number of ketones is 1. The molecule has 208 valence electrons. The minimum absolute atomic E-state index is 0.0293. The molecule has 1 unspecified atom stereocenters. The molecule has 10 heteroatoms. The number of hydrogen-bond donors (Lipinski definition) is 4. The van der Waals surface area contributed by atoms with Crippen LogP contribution < -0.4 is 15.4 Å². The number of methoxy groups -OCH3 is 1. The van der Waals surface area contributed by atoms with Gasteiger partial charge in [0.25, 0.3) is 5.91 Å². The van der Waals surface area contributed by atoms with Crippen LogP contribution in [0.2, 0.25) is 0 Å². The molecule has 0 bridgehead atoms. The summed E-state index contributed by atoms with van der Waals surface area (Å²) >= 11 is 0. The van der Waals surface area contributed by atoms with Crippen LogP contribution in [0, 0.1) is 29.6 Å². The second-order valence-corrected chi connectivity index (χ2v) is 11.6. The van der Waals surface area contributed by atoms with E-state index >= 15 is 0 Å². The van der Waals surface area contributed by atoms with E-state index in [9.17, 15) is 24.3 Å². The van der Waals surface area contributed by atoms with Crippen LogP contribution in [0.25, 0.3) is 10.9 Å². The quantitative estimate of drug-likeness (QED) is 0.384. The molecule has 2 saturated carbocycles. The Bertz CT molecular complexity index is 1310. The van der Waals surface area contributed by atoms with Crippen molar-refractivity contribution in [2.24, 2.45) is 29.6 Å². The third-order valence-corrected chi connectivity index (χ3v) is 9.47. The molecule has 10 nitrogen and oxygen atoms in total. The third-order valence-electron chi connectivity index (χ3n) is 9.47. The van der Waals surface area contributed by atoms with E-state index in [-0.39, 0.29) is 41.9 Å². The zero-order valence-corrected chi connectivity index (χ0v) is 22.2. The van der Waals surface area contributed by atoms with Crippen LogP contribution in [0.4, 0.5) is 0 Å². The standard InChI is InChI=1S/C29H36N4O6/c1-39-25-6-2-5-21-19(25)12-23(31-21)29(38)33-13-20-17-10-16(17)11-18(20)26(33)28(37)32-22(24(35)14-34)8-7-15-4-3-9-30-27(15)36/h2,5-6,12,15-18,20,22,26,31,34H,3-4,7-11,13-14H2,1H3,(H,30,36)(H,32,37)/t15-,16?,17-,18-,20+,22-,26-/m0/s1. The van der Waals surface area contributed by atoms with Crippen molar-refractivity contribution in [1.29, 1.82) is 0 Å². The van der Waals surface area contributed by atoms with Gasteiger partial charge in [-0.1, -0.05) is 6.07 Å². The number of carbonyl (C=O) groups is 4. The number of nitrogens with one attached hydrogen (secondary N) is 3. The summed E-state index contributed by atoms with van der Waals surface area (Å²) in [5, 5.41) is 16.1. The van der Waals surface area contributed by atoms with Crippen molar-refractivity contribution < 1.29 is 29.0 Å². The molecule has 0 spiro atoms. The summed E-state index contributed by atoms with van der Waals surface area (Å²) in [6.45, 7) is 0.475. The number of amides is 3. The zero-order valence-electron chi connectivity index (χ0n) is 22.2. The van der Waals surface area contributed by atoms with Gasteiger partial charge in [-0.15, -0.1) is 0 Å². The number of ether oxygens (including phenoxy) is 1. The number of hydrogen-bond acceptors (Lipinski definition) is 6. The maximum atomic E-state index is 13.8. The SMILES string of the molecule is COc1cccc2[nH]c(C(=O)N3C[C@H]4[C@H](CC5C[C@@H]54)[C@H]3C(=O)N[C@@H](CC[C@@H]3CCCNC3=O)C(=O)CO)cc12. The van der Waals surface area contributed by atoms with Gasteiger partial charge >= 0.3 is 0 Å². The van der Waals surface area contributed by atoms with E-state index in [1.165, 1.54) is 0 Å². The fourth-order valence-corrected chi connectivity index (χ4v) is 7.39. The predicted molar refractivity (Wildman–Crippen MR) is 142 cm³/mol. The maximum Gasteiger partial charge on any atom is 0.271 e. The Kier molecular flexibility index (Phi) is 6.82. The molecular weight excluding hydrogens is 500 g/mol. The highest BCUT2D eigenvalue weighted by atomic mass is 16.5. The highest BCUT2D eigenvalue weighted by Gasteiger charge is 2.62. The lowest BCUT2D eigenvalue weighted by Gasteiger charge is -2.29. The molecule has 39 heavy (non-hydrogen) atoms. The summed E-state index contributed by atoms with van der Waals surface area (Å²) < 4.78 is 5.45. The first kappa shape index (κ1) is 25.9. The highest BCUT2D eigenvalue weighted by Crippen LogP contribution is 2.62. The van der Waals surface area contributed by atoms with Crippen LogP contribution >= 0.6 is 0 Å². The zero-order chi connectivity index (χ0) is 27.3. The normalized spacial score (nSPS) is 29.9. The minimum atomic E-state index is -0.901. The van der Waals surface area contributed by atoms with E-state index in [2.05, 4.69) is 15.6 Å². The Morgan fingerprint density at radius 1 is 1.21 bits per heavy atom. The average molecular weight is 537 g/mol. The molecule has 3 amide bonds. The first-order chi connectivity index (χ1) is 18.9. The number of fused-ring (bicyclic) bond motifs is 4. The molecule has 4 fully saturated rings. The van der Waals surface area contributed by atoms with Crippen molar-refractivity contribution >= 4 is 34.4 Å². The van der Waals surface area contributed by atoms with Gasteiger partial charge in [0.05, 0.1) is 13.2 Å². The van der Waals surface area contributed by atoms with Gasteiger partial charge in [-0.05, 0) is 80.4 Å². The van der Waals surface area contributed by atoms with Crippen LogP contribution in [0.15, 0.2) is 24.3 Å². The fourth-order valence-electron chi connectivity index (χ4n) is 7.39. The molecule has 1 aromatic carbocycles. The molecule has 2 saturated heterocycles. The lowest BCUT2D eigenvalue weighted by atomic mass is 9.88. The van der Waals surface area contributed by atoms with Gasteiger partial charge in [-0.25, -0.2) is 0 Å². The number of H-pyrrole nitrogens is 1. The first-order valence-electron chi connectivity index (χ1n) is 14.1. The van der Waals surface area contributed by atoms with Crippen LogP contribution in [-0.2, 0) is 14.4 Å². The van der Waals surface area contributed by atoms with E-state index in [0.717, 1.165) is 36.6 Å². The molecule has 2 aliphatic heterocycles. The number of aliphatic hydroxyl groups excluding tert-OH is 1. The summed E-state index contributed by atoms with van der Waals surface area (Å²) in [5.41, 5.74) is 1.17. The monoisotopic (exact) mass is 536 g/mol. The second kappa shape index (κ2) is 10.3. The molecule has 3 heterocycles. The summed E-state index contributed by atoms with van der Waals surface area (Å²) in [5.74, 6) is 0.817. The molecule has 7 atom stereocenters. The molecular formula is C29H36N4O6. The molecule has 2 aliphatic carbocycles. The lowest BCUT2D eigenvalue weighted by Crippen LogP contribution is -2.53. The summed E-state index contributed by atoms with van der Waals surface area (Å²) in [7, 11) is 1.59. The van der Waals surface area contributed by atoms with Gasteiger partial charge in [0.15, 0.2) is 5.78 Å². The molecule has 0 radical (unpaired) electrons. The third kappa shape index (κ3) is 4.68. The van der Waals surface area contributed by atoms with Gasteiger partial charge in [-0.3, -0.25) is 19.2 Å². The molecule has 4 aliphatic rings. The van der Waals surface area contributed by atoms with Crippen molar-refractivity contribution in [2.45, 2.75) is 50.6 Å². The van der Waals surface area contributed by atoms with Crippen LogP contribution in [0.3, 0.4) is 0 Å². The number of aromatic amines is 1. The number of Topliss-reactive ketones (excluding diaryl/α,β-unsaturated/α-hetero) is 1. The van der Waals surface area contributed by atoms with Gasteiger partial charge < -0.3 is 30.4 Å². The highest BCUT2D eigenvalue weighted by molar-refractivity contribution is 6.02. The number of piperidine rings is 1. The van der Waals surface area contributed by atoms with Crippen LogP contribution in [0.1, 0.15) is 49.0 Å². The smallest absolute Gasteiger partial charge is 0.271 e. The number of likely N-dealkylation sites (tertiary alicyclic amines) is 1. The van der Waals surface area contributed by atoms with Crippen molar-refractivity contribution in [3.05, 3.63) is 30.0 Å². The number of carbonyl (C=O) groups excluding carboxylic acids is 4. The topological polar surface area (TPSA) is 141 Å². The largest absolute Gasteiger partial charge is 0.496 e. The van der Waals surface area contributed by atoms with E-state index in [1.54, 1.807) is 18.1 Å². The first-order valence-corrected chi connectivity index (χ1v) is 14.1. The van der Waals surface area contributed by atoms with E-state index in [4.69, 9.17) is 4.74 Å². The van der Waals surface area contributed by atoms with E-state index in [1.807, 2.05) is 18.2 Å². The Morgan fingerprint density at radius 3 is 2.79 bits per heavy atom. The number of rotatable bonds is 9. The molecule has 2 aromatic rings. The van der Waals surface area contributed by atoms with Crippen molar-refractivity contribution in [3.63, 3.8) is 0 Å². The fraction of sp³-hybridized carbons (Fsp3) is 0.586. The lowest BCUT2D eigenvalue weighted by molar-refractivity contribution is -0.132. The van der Waals surface area contributed by atoms with Gasteiger partial charge in [0, 0.05) is 29.9 Å². The number of benzene rings is 1. The van der Waals surface area contributed by atoms with Gasteiger partial charge in [0.2, 0.25) is 11.8 Å². The minimum Gasteiger partial charge on any atom is -0.496 e. The van der Waals surface area contributed by atoms with Crippen molar-refractivity contribution in [2.75, 3.05) is 26.8 Å². The van der Waals surface area contributed by atoms with E-state index in [0.29, 0.717) is 42.8 Å². The summed E-state index contributed by atoms with van der Waals surface area (Å²) in [6.07, 6.45) is 4.39. The molecule has 6 rings (SSSR count). The maximum absolute atomic E-state index is 13.8. The second-order valence-electron chi connectivity index (χ2n) is 11.6. The molecule has 4 N–H and O–H groups in total. The van der Waals surface area contributed by atoms with Crippen molar-refractivity contribution in [3.8, 4) is 5.75 Å².